The molecule has 0 radical (unpaired) electrons. The van der Waals surface area contributed by atoms with Crippen molar-refractivity contribution in [2.75, 3.05) is 6.61 Å². The van der Waals surface area contributed by atoms with Crippen molar-refractivity contribution in [1.82, 2.24) is 0 Å². The first-order valence-electron chi connectivity index (χ1n) is 10.9. The molecular weight excluding hydrogens is 373 g/mol. The zero-order valence-corrected chi connectivity index (χ0v) is 17.4. The van der Waals surface area contributed by atoms with Gasteiger partial charge in [-0.3, -0.25) is 0 Å². The molecule has 0 aliphatic carbocycles. The van der Waals surface area contributed by atoms with Gasteiger partial charge in [0, 0.05) is 11.5 Å². The number of aryl methyl sites for hydroxylation is 1. The summed E-state index contributed by atoms with van der Waals surface area (Å²) in [6, 6.07) is 7.75. The zero-order valence-electron chi connectivity index (χ0n) is 17.4. The molecule has 2 atom stereocenters. The molecule has 4 heteroatoms. The molecule has 0 spiro atoms. The van der Waals surface area contributed by atoms with Gasteiger partial charge >= 0.3 is 0 Å². The third-order valence-electron chi connectivity index (χ3n) is 6.05. The molecule has 3 rings (SSSR count). The van der Waals surface area contributed by atoms with E-state index in [9.17, 15) is 13.2 Å². The van der Waals surface area contributed by atoms with Gasteiger partial charge in [-0.05, 0) is 48.4 Å². The number of benzene rings is 2. The number of rotatable bonds is 8. The Morgan fingerprint density at radius 1 is 0.931 bits per heavy atom. The van der Waals surface area contributed by atoms with Crippen molar-refractivity contribution in [3.05, 3.63) is 58.9 Å². The highest BCUT2D eigenvalue weighted by atomic mass is 19.2. The quantitative estimate of drug-likeness (QED) is 0.412. The fourth-order valence-corrected chi connectivity index (χ4v) is 4.18. The Morgan fingerprint density at radius 3 is 2.41 bits per heavy atom. The van der Waals surface area contributed by atoms with Gasteiger partial charge in [0.1, 0.15) is 5.82 Å². The van der Waals surface area contributed by atoms with Crippen LogP contribution in [-0.4, -0.2) is 12.7 Å². The molecule has 158 valence electrons. The van der Waals surface area contributed by atoms with Crippen molar-refractivity contribution in [3.63, 3.8) is 0 Å². The molecular formula is C25H31F3O. The van der Waals surface area contributed by atoms with E-state index in [4.69, 9.17) is 4.74 Å². The third-order valence-corrected chi connectivity index (χ3v) is 6.05. The minimum atomic E-state index is -0.909. The number of ether oxygens (including phenoxy) is 1. The Morgan fingerprint density at radius 2 is 1.76 bits per heavy atom. The zero-order chi connectivity index (χ0) is 20.8. The summed E-state index contributed by atoms with van der Waals surface area (Å²) in [5.74, 6) is -2.27. The predicted molar refractivity (Wildman–Crippen MR) is 112 cm³/mol. The maximum Gasteiger partial charge on any atom is 0.166 e. The third kappa shape index (κ3) is 5.22. The smallest absolute Gasteiger partial charge is 0.166 e. The molecule has 0 amide bonds. The highest BCUT2D eigenvalue weighted by Gasteiger charge is 2.27. The van der Waals surface area contributed by atoms with Crippen LogP contribution in [0, 0.1) is 17.5 Å². The maximum absolute atomic E-state index is 14.8. The van der Waals surface area contributed by atoms with Gasteiger partial charge in [0.2, 0.25) is 0 Å². The Hall–Kier alpha value is -1.81. The lowest BCUT2D eigenvalue weighted by Crippen LogP contribution is -2.25. The minimum absolute atomic E-state index is 0.0957. The predicted octanol–water partition coefficient (Wildman–Crippen LogP) is 7.57. The summed E-state index contributed by atoms with van der Waals surface area (Å²) in [6.07, 6.45) is 8.36. The van der Waals surface area contributed by atoms with Crippen LogP contribution in [0.15, 0.2) is 30.3 Å². The van der Waals surface area contributed by atoms with Crippen LogP contribution in [0.2, 0.25) is 0 Å². The van der Waals surface area contributed by atoms with Gasteiger partial charge in [-0.2, -0.15) is 0 Å². The number of halogens is 3. The van der Waals surface area contributed by atoms with Crippen LogP contribution in [0.25, 0.3) is 11.1 Å². The van der Waals surface area contributed by atoms with Gasteiger partial charge in [-0.1, -0.05) is 63.8 Å². The Labute approximate surface area is 172 Å². The van der Waals surface area contributed by atoms with Crippen molar-refractivity contribution in [3.8, 4) is 11.1 Å². The normalized spacial score (nSPS) is 19.5. The fourth-order valence-electron chi connectivity index (χ4n) is 4.18. The lowest BCUT2D eigenvalue weighted by Gasteiger charge is -2.30. The van der Waals surface area contributed by atoms with Crippen molar-refractivity contribution >= 4 is 0 Å². The van der Waals surface area contributed by atoms with Gasteiger partial charge < -0.3 is 4.74 Å². The van der Waals surface area contributed by atoms with Crippen molar-refractivity contribution < 1.29 is 17.9 Å². The SMILES string of the molecule is CCCCCCC1CCC(c2ccc(-c3ccc(CC)c(F)c3)c(F)c2F)CO1. The molecule has 0 bridgehead atoms. The van der Waals surface area contributed by atoms with Gasteiger partial charge in [0.05, 0.1) is 12.7 Å². The van der Waals surface area contributed by atoms with Crippen molar-refractivity contribution in [2.24, 2.45) is 0 Å². The summed E-state index contributed by atoms with van der Waals surface area (Å²) in [6.45, 7) is 4.47. The van der Waals surface area contributed by atoms with Gasteiger partial charge in [-0.25, -0.2) is 13.2 Å². The van der Waals surface area contributed by atoms with Gasteiger partial charge in [0.15, 0.2) is 11.6 Å². The standard InChI is InChI=1S/C25H31F3O/c1-3-5-6-7-8-20-12-11-19(16-29-20)22-14-13-21(24(27)25(22)28)18-10-9-17(4-2)23(26)15-18/h9-10,13-15,19-20H,3-8,11-12,16H2,1-2H3. The molecule has 0 N–H and O–H groups in total. The molecule has 1 nitrogen and oxygen atoms in total. The highest BCUT2D eigenvalue weighted by Crippen LogP contribution is 2.35. The minimum Gasteiger partial charge on any atom is -0.378 e. The molecule has 1 aliphatic heterocycles. The molecule has 2 aromatic rings. The molecule has 1 heterocycles. The van der Waals surface area contributed by atoms with E-state index in [2.05, 4.69) is 6.92 Å². The average molecular weight is 405 g/mol. The summed E-state index contributed by atoms with van der Waals surface area (Å²) >= 11 is 0. The molecule has 29 heavy (non-hydrogen) atoms. The molecule has 2 aromatic carbocycles. The van der Waals surface area contributed by atoms with E-state index in [1.807, 2.05) is 6.92 Å². The lowest BCUT2D eigenvalue weighted by molar-refractivity contribution is -0.00282. The average Bonchev–Trinajstić information content (AvgIpc) is 2.74. The Kier molecular flexibility index (Phi) is 7.77. The first-order valence-corrected chi connectivity index (χ1v) is 10.9. The summed E-state index contributed by atoms with van der Waals surface area (Å²) in [4.78, 5) is 0. The fraction of sp³-hybridized carbons (Fsp3) is 0.520. The summed E-state index contributed by atoms with van der Waals surface area (Å²) in [7, 11) is 0. The number of unbranched alkanes of at least 4 members (excludes halogenated alkanes) is 3. The number of hydrogen-bond donors (Lipinski definition) is 0. The van der Waals surface area contributed by atoms with Crippen LogP contribution in [0.1, 0.15) is 75.8 Å². The largest absolute Gasteiger partial charge is 0.378 e. The van der Waals surface area contributed by atoms with E-state index in [0.29, 0.717) is 29.7 Å². The number of hydrogen-bond acceptors (Lipinski definition) is 1. The molecule has 1 aliphatic rings. The monoisotopic (exact) mass is 404 g/mol. The van der Waals surface area contributed by atoms with Crippen LogP contribution < -0.4 is 0 Å². The molecule has 2 unspecified atom stereocenters. The second-order valence-corrected chi connectivity index (χ2v) is 8.07. The molecule has 1 saturated heterocycles. The van der Waals surface area contributed by atoms with Crippen LogP contribution in [0.4, 0.5) is 13.2 Å². The van der Waals surface area contributed by atoms with E-state index in [0.717, 1.165) is 25.7 Å². The van der Waals surface area contributed by atoms with Crippen LogP contribution in [0.5, 0.6) is 0 Å². The van der Waals surface area contributed by atoms with Crippen molar-refractivity contribution in [2.45, 2.75) is 77.2 Å². The van der Waals surface area contributed by atoms with Crippen molar-refractivity contribution in [1.29, 1.82) is 0 Å². The second-order valence-electron chi connectivity index (χ2n) is 8.07. The summed E-state index contributed by atoms with van der Waals surface area (Å²) in [5.41, 5.74) is 1.38. The van der Waals surface area contributed by atoms with Crippen LogP contribution >= 0.6 is 0 Å². The Bertz CT molecular complexity index is 810. The van der Waals surface area contributed by atoms with Gasteiger partial charge in [0.25, 0.3) is 0 Å². The maximum atomic E-state index is 14.8. The van der Waals surface area contributed by atoms with Crippen LogP contribution in [-0.2, 0) is 11.2 Å². The molecule has 1 fully saturated rings. The highest BCUT2D eigenvalue weighted by molar-refractivity contribution is 5.65. The van der Waals surface area contributed by atoms with E-state index in [1.165, 1.54) is 25.3 Å². The summed E-state index contributed by atoms with van der Waals surface area (Å²) in [5, 5.41) is 0. The second kappa shape index (κ2) is 10.3. The first-order chi connectivity index (χ1) is 14.0. The topological polar surface area (TPSA) is 9.23 Å². The van der Waals surface area contributed by atoms with Gasteiger partial charge in [-0.15, -0.1) is 0 Å². The van der Waals surface area contributed by atoms with Crippen LogP contribution in [0.3, 0.4) is 0 Å². The van der Waals surface area contributed by atoms with E-state index < -0.39 is 11.6 Å². The van der Waals surface area contributed by atoms with E-state index in [1.54, 1.807) is 24.3 Å². The Balaban J connectivity index is 1.68. The first kappa shape index (κ1) is 21.9. The molecule has 0 aromatic heterocycles. The van der Waals surface area contributed by atoms with E-state index >= 15 is 0 Å². The summed E-state index contributed by atoms with van der Waals surface area (Å²) < 4.78 is 49.6. The van der Waals surface area contributed by atoms with E-state index in [-0.39, 0.29) is 23.4 Å². The lowest BCUT2D eigenvalue weighted by atomic mass is 9.88. The molecule has 0 saturated carbocycles.